The van der Waals surface area contributed by atoms with Gasteiger partial charge in [-0.25, -0.2) is 0 Å². The molecule has 2 aromatic rings. The molecule has 2 aromatic carbocycles. The summed E-state index contributed by atoms with van der Waals surface area (Å²) in [6, 6.07) is 17.3. The second kappa shape index (κ2) is 8.53. The molecular weight excluding hydrogens is 324 g/mol. The Bertz CT molecular complexity index is 785. The number of ether oxygens (including phenoxy) is 1. The summed E-state index contributed by atoms with van der Waals surface area (Å²) in [7, 11) is 1.72. The number of nitrogens with zero attached hydrogens (tertiary/aromatic N) is 1. The number of benzene rings is 2. The van der Waals surface area contributed by atoms with Gasteiger partial charge in [0.05, 0.1) is 18.7 Å². The molecule has 134 valence electrons. The molecule has 0 unspecified atom stereocenters. The first-order chi connectivity index (χ1) is 12.7. The molecule has 0 saturated heterocycles. The third-order valence-electron chi connectivity index (χ3n) is 5.20. The Balaban J connectivity index is 1.50. The fraction of sp³-hybridized carbons (Fsp3) is 0.364. The topological polar surface area (TPSA) is 62.1 Å². The zero-order valence-electron chi connectivity index (χ0n) is 15.1. The van der Waals surface area contributed by atoms with Crippen LogP contribution in [0, 0.1) is 17.2 Å². The summed E-state index contributed by atoms with van der Waals surface area (Å²) in [5, 5.41) is 11.8. The molecule has 0 aromatic heterocycles. The maximum atomic E-state index is 12.3. The van der Waals surface area contributed by atoms with Crippen molar-refractivity contribution in [3.8, 4) is 11.8 Å². The highest BCUT2D eigenvalue weighted by Gasteiger charge is 2.25. The Morgan fingerprint density at radius 2 is 1.81 bits per heavy atom. The number of amides is 1. The summed E-state index contributed by atoms with van der Waals surface area (Å²) in [5.74, 6) is 1.97. The van der Waals surface area contributed by atoms with Crippen molar-refractivity contribution < 1.29 is 9.53 Å². The Kier molecular flexibility index (Phi) is 5.91. The van der Waals surface area contributed by atoms with Crippen molar-refractivity contribution in [2.45, 2.75) is 38.0 Å². The molecule has 0 aliphatic heterocycles. The van der Waals surface area contributed by atoms with Gasteiger partial charge in [0.25, 0.3) is 0 Å². The van der Waals surface area contributed by atoms with Gasteiger partial charge in [0, 0.05) is 12.1 Å². The van der Waals surface area contributed by atoms with Crippen molar-refractivity contribution in [3.63, 3.8) is 0 Å². The number of para-hydroxylation sites is 1. The van der Waals surface area contributed by atoms with Crippen molar-refractivity contribution >= 4 is 11.6 Å². The molecule has 0 radical (unpaired) electrons. The van der Waals surface area contributed by atoms with Crippen LogP contribution in [0.25, 0.3) is 0 Å². The smallest absolute Gasteiger partial charge is 0.224 e. The first kappa shape index (κ1) is 18.0. The van der Waals surface area contributed by atoms with Crippen molar-refractivity contribution in [2.24, 2.45) is 5.92 Å². The summed E-state index contributed by atoms with van der Waals surface area (Å²) in [6.45, 7) is 0. The van der Waals surface area contributed by atoms with Gasteiger partial charge < -0.3 is 10.1 Å². The summed E-state index contributed by atoms with van der Waals surface area (Å²) >= 11 is 0. The zero-order chi connectivity index (χ0) is 18.4. The lowest BCUT2D eigenvalue weighted by atomic mass is 9.77. The number of carbonyl (C=O) groups is 1. The average molecular weight is 348 g/mol. The van der Waals surface area contributed by atoms with E-state index in [-0.39, 0.29) is 5.91 Å². The summed E-state index contributed by atoms with van der Waals surface area (Å²) in [6.07, 6.45) is 4.86. The van der Waals surface area contributed by atoms with Crippen LogP contribution in [0.5, 0.6) is 5.75 Å². The molecule has 4 nitrogen and oxygen atoms in total. The minimum absolute atomic E-state index is 0.0513. The van der Waals surface area contributed by atoms with E-state index >= 15 is 0 Å². The van der Waals surface area contributed by atoms with Gasteiger partial charge in [-0.15, -0.1) is 0 Å². The van der Waals surface area contributed by atoms with Crippen molar-refractivity contribution in [2.75, 3.05) is 12.4 Å². The third kappa shape index (κ3) is 4.43. The molecule has 4 heteroatoms. The molecule has 1 aliphatic rings. The fourth-order valence-electron chi connectivity index (χ4n) is 3.78. The molecule has 0 heterocycles. The second-order valence-corrected chi connectivity index (χ2v) is 6.90. The minimum Gasteiger partial charge on any atom is -0.496 e. The van der Waals surface area contributed by atoms with E-state index in [2.05, 4.69) is 23.5 Å². The molecule has 3 rings (SSSR count). The molecule has 1 N–H and O–H groups in total. The predicted molar refractivity (Wildman–Crippen MR) is 102 cm³/mol. The van der Waals surface area contributed by atoms with E-state index in [1.54, 1.807) is 31.4 Å². The van der Waals surface area contributed by atoms with Crippen LogP contribution in [0.3, 0.4) is 0 Å². The summed E-state index contributed by atoms with van der Waals surface area (Å²) < 4.78 is 5.49. The number of nitrogens with one attached hydrogen (secondary N) is 1. The van der Waals surface area contributed by atoms with Crippen LogP contribution in [-0.4, -0.2) is 13.0 Å². The van der Waals surface area contributed by atoms with E-state index < -0.39 is 0 Å². The van der Waals surface area contributed by atoms with Crippen molar-refractivity contribution in [1.29, 1.82) is 5.26 Å². The molecule has 1 amide bonds. The van der Waals surface area contributed by atoms with Crippen LogP contribution in [0.15, 0.2) is 48.5 Å². The third-order valence-corrected chi connectivity index (χ3v) is 5.20. The maximum Gasteiger partial charge on any atom is 0.224 e. The Morgan fingerprint density at radius 3 is 2.46 bits per heavy atom. The van der Waals surface area contributed by atoms with Crippen LogP contribution in [0.1, 0.15) is 49.1 Å². The van der Waals surface area contributed by atoms with Gasteiger partial charge in [0.2, 0.25) is 5.91 Å². The van der Waals surface area contributed by atoms with Gasteiger partial charge in [0.1, 0.15) is 5.75 Å². The highest BCUT2D eigenvalue weighted by molar-refractivity contribution is 5.90. The Labute approximate surface area is 154 Å². The SMILES string of the molecule is COc1ccccc1C1CCC(CC(=O)Nc2ccc(C#N)cc2)CC1. The van der Waals surface area contributed by atoms with E-state index in [0.29, 0.717) is 23.8 Å². The number of hydrogen-bond donors (Lipinski definition) is 1. The van der Waals surface area contributed by atoms with Crippen LogP contribution < -0.4 is 10.1 Å². The second-order valence-electron chi connectivity index (χ2n) is 6.90. The standard InChI is InChI=1S/C22H24N2O2/c1-26-21-5-3-2-4-20(21)18-10-6-16(7-11-18)14-22(25)24-19-12-8-17(15-23)9-13-19/h2-5,8-9,12-13,16,18H,6-7,10-11,14H2,1H3,(H,24,25). The van der Waals surface area contributed by atoms with E-state index in [0.717, 1.165) is 37.1 Å². The van der Waals surface area contributed by atoms with Crippen molar-refractivity contribution in [1.82, 2.24) is 0 Å². The molecule has 1 saturated carbocycles. The van der Waals surface area contributed by atoms with Gasteiger partial charge in [-0.05, 0) is 73.4 Å². The van der Waals surface area contributed by atoms with Gasteiger partial charge >= 0.3 is 0 Å². The number of methoxy groups -OCH3 is 1. The van der Waals surface area contributed by atoms with Crippen LogP contribution in [0.2, 0.25) is 0 Å². The minimum atomic E-state index is 0.0513. The zero-order valence-corrected chi connectivity index (χ0v) is 15.1. The monoisotopic (exact) mass is 348 g/mol. The first-order valence-electron chi connectivity index (χ1n) is 9.12. The van der Waals surface area contributed by atoms with Gasteiger partial charge in [-0.2, -0.15) is 5.26 Å². The highest BCUT2D eigenvalue weighted by Crippen LogP contribution is 2.40. The molecule has 1 aliphatic carbocycles. The average Bonchev–Trinajstić information content (AvgIpc) is 2.69. The van der Waals surface area contributed by atoms with Crippen LogP contribution >= 0.6 is 0 Å². The quantitative estimate of drug-likeness (QED) is 0.838. The number of anilines is 1. The number of nitriles is 1. The Morgan fingerprint density at radius 1 is 1.12 bits per heavy atom. The molecule has 26 heavy (non-hydrogen) atoms. The maximum absolute atomic E-state index is 12.3. The number of rotatable bonds is 5. The number of hydrogen-bond acceptors (Lipinski definition) is 3. The van der Waals surface area contributed by atoms with Crippen LogP contribution in [-0.2, 0) is 4.79 Å². The molecule has 0 atom stereocenters. The first-order valence-corrected chi connectivity index (χ1v) is 9.12. The number of carbonyl (C=O) groups excluding carboxylic acids is 1. The highest BCUT2D eigenvalue weighted by atomic mass is 16.5. The van der Waals surface area contributed by atoms with E-state index in [1.165, 1.54) is 5.56 Å². The van der Waals surface area contributed by atoms with E-state index in [9.17, 15) is 4.79 Å². The fourth-order valence-corrected chi connectivity index (χ4v) is 3.78. The van der Waals surface area contributed by atoms with Gasteiger partial charge in [-0.3, -0.25) is 4.79 Å². The lowest BCUT2D eigenvalue weighted by Crippen LogP contribution is -2.20. The van der Waals surface area contributed by atoms with E-state index in [4.69, 9.17) is 10.00 Å². The predicted octanol–water partition coefficient (Wildman–Crippen LogP) is 4.87. The lowest BCUT2D eigenvalue weighted by molar-refractivity contribution is -0.117. The molecular formula is C22H24N2O2. The lowest BCUT2D eigenvalue weighted by Gasteiger charge is -2.29. The Hall–Kier alpha value is -2.80. The van der Waals surface area contributed by atoms with Gasteiger partial charge in [-0.1, -0.05) is 18.2 Å². The summed E-state index contributed by atoms with van der Waals surface area (Å²) in [5.41, 5.74) is 2.63. The van der Waals surface area contributed by atoms with Crippen LogP contribution in [0.4, 0.5) is 5.69 Å². The molecule has 0 spiro atoms. The molecule has 0 bridgehead atoms. The summed E-state index contributed by atoms with van der Waals surface area (Å²) in [4.78, 5) is 12.3. The normalized spacial score (nSPS) is 19.4. The molecule has 1 fully saturated rings. The van der Waals surface area contributed by atoms with Crippen molar-refractivity contribution in [3.05, 3.63) is 59.7 Å². The largest absolute Gasteiger partial charge is 0.496 e. The van der Waals surface area contributed by atoms with Gasteiger partial charge in [0.15, 0.2) is 0 Å². The van der Waals surface area contributed by atoms with E-state index in [1.807, 2.05) is 12.1 Å².